The zero-order valence-corrected chi connectivity index (χ0v) is 31.6. The fourth-order valence-corrected chi connectivity index (χ4v) is 8.86. The van der Waals surface area contributed by atoms with E-state index in [0.717, 1.165) is 50.1 Å². The van der Waals surface area contributed by atoms with Crippen LogP contribution in [0.25, 0.3) is 66.4 Å². The monoisotopic (exact) mass is 707 g/mol. The molecule has 2 nitrogen and oxygen atoms in total. The summed E-state index contributed by atoms with van der Waals surface area (Å²) in [5.41, 5.74) is 20.3. The largest absolute Gasteiger partial charge is 0.455 e. The third kappa shape index (κ3) is 5.40. The van der Waals surface area contributed by atoms with E-state index in [1.807, 2.05) is 12.1 Å². The van der Waals surface area contributed by atoms with Gasteiger partial charge in [0.2, 0.25) is 0 Å². The number of para-hydroxylation sites is 2. The molecule has 264 valence electrons. The first kappa shape index (κ1) is 33.0. The second-order valence-corrected chi connectivity index (χ2v) is 15.5. The van der Waals surface area contributed by atoms with Crippen LogP contribution >= 0.6 is 0 Å². The Kier molecular flexibility index (Phi) is 7.64. The number of nitrogens with zero attached hydrogens (tertiary/aromatic N) is 1. The van der Waals surface area contributed by atoms with E-state index in [4.69, 9.17) is 4.42 Å². The van der Waals surface area contributed by atoms with Crippen LogP contribution in [0.2, 0.25) is 0 Å². The minimum atomic E-state index is -0.0931. The molecule has 10 rings (SSSR count). The molecule has 1 heterocycles. The summed E-state index contributed by atoms with van der Waals surface area (Å²) < 4.78 is 6.35. The van der Waals surface area contributed by atoms with Crippen molar-refractivity contribution in [3.05, 3.63) is 198 Å². The molecule has 1 aromatic heterocycles. The molecule has 8 aromatic carbocycles. The highest BCUT2D eigenvalue weighted by Crippen LogP contribution is 2.51. The van der Waals surface area contributed by atoms with Crippen LogP contribution < -0.4 is 4.90 Å². The van der Waals surface area contributed by atoms with Crippen LogP contribution in [-0.2, 0) is 5.41 Å². The van der Waals surface area contributed by atoms with Gasteiger partial charge in [0.05, 0.1) is 0 Å². The van der Waals surface area contributed by atoms with Crippen molar-refractivity contribution < 1.29 is 4.42 Å². The molecule has 0 bridgehead atoms. The van der Waals surface area contributed by atoms with Crippen molar-refractivity contribution in [2.45, 2.75) is 33.1 Å². The molecule has 1 aliphatic rings. The van der Waals surface area contributed by atoms with Gasteiger partial charge in [-0.1, -0.05) is 147 Å². The van der Waals surface area contributed by atoms with Gasteiger partial charge in [0.15, 0.2) is 0 Å². The van der Waals surface area contributed by atoms with Crippen molar-refractivity contribution in [3.8, 4) is 44.5 Å². The molecule has 0 aliphatic heterocycles. The smallest absolute Gasteiger partial charge is 0.143 e. The van der Waals surface area contributed by atoms with Crippen LogP contribution in [0, 0.1) is 13.8 Å². The Morgan fingerprint density at radius 1 is 0.400 bits per heavy atom. The van der Waals surface area contributed by atoms with Crippen molar-refractivity contribution in [1.29, 1.82) is 0 Å². The molecule has 0 radical (unpaired) electrons. The van der Waals surface area contributed by atoms with Crippen LogP contribution in [0.1, 0.15) is 36.1 Å². The van der Waals surface area contributed by atoms with E-state index < -0.39 is 0 Å². The summed E-state index contributed by atoms with van der Waals surface area (Å²) in [4.78, 5) is 2.41. The van der Waals surface area contributed by atoms with Gasteiger partial charge < -0.3 is 9.32 Å². The highest BCUT2D eigenvalue weighted by molar-refractivity contribution is 6.09. The Labute approximate surface area is 323 Å². The second-order valence-electron chi connectivity index (χ2n) is 15.5. The molecule has 0 N–H and O–H groups in total. The zero-order valence-electron chi connectivity index (χ0n) is 31.6. The van der Waals surface area contributed by atoms with E-state index in [0.29, 0.717) is 0 Å². The van der Waals surface area contributed by atoms with Crippen LogP contribution in [0.15, 0.2) is 180 Å². The summed E-state index contributed by atoms with van der Waals surface area (Å²) in [6, 6.07) is 64.0. The highest BCUT2D eigenvalue weighted by Gasteiger charge is 2.35. The summed E-state index contributed by atoms with van der Waals surface area (Å²) >= 11 is 0. The van der Waals surface area contributed by atoms with Gasteiger partial charge >= 0.3 is 0 Å². The van der Waals surface area contributed by atoms with Crippen molar-refractivity contribution in [1.82, 2.24) is 0 Å². The Bertz CT molecular complexity index is 2910. The minimum Gasteiger partial charge on any atom is -0.455 e. The van der Waals surface area contributed by atoms with E-state index in [1.165, 1.54) is 55.6 Å². The SMILES string of the molecule is Cc1ccccc1-c1ccc(N(c2ccc(-c3ccc(-c4cccc5c4oc4ccccc45)cc3)cc2)c2ccc3c(c2)C(C)(C)c2ccccc2-3)cc1C. The van der Waals surface area contributed by atoms with Gasteiger partial charge in [0, 0.05) is 38.8 Å². The van der Waals surface area contributed by atoms with E-state index in [1.54, 1.807) is 0 Å². The van der Waals surface area contributed by atoms with Crippen molar-refractivity contribution >= 4 is 39.0 Å². The summed E-state index contributed by atoms with van der Waals surface area (Å²) in [5, 5.41) is 2.30. The molecular formula is C53H41NO. The van der Waals surface area contributed by atoms with Gasteiger partial charge in [-0.15, -0.1) is 0 Å². The highest BCUT2D eigenvalue weighted by atomic mass is 16.3. The summed E-state index contributed by atoms with van der Waals surface area (Å²) in [7, 11) is 0. The molecule has 1 aliphatic carbocycles. The van der Waals surface area contributed by atoms with Gasteiger partial charge in [-0.05, 0) is 118 Å². The lowest BCUT2D eigenvalue weighted by atomic mass is 9.82. The molecule has 0 unspecified atom stereocenters. The fraction of sp³-hybridized carbons (Fsp3) is 0.0943. The predicted octanol–water partition coefficient (Wildman–Crippen LogP) is 15.0. The lowest BCUT2D eigenvalue weighted by Crippen LogP contribution is -2.16. The van der Waals surface area contributed by atoms with Gasteiger partial charge in [0.1, 0.15) is 11.2 Å². The Hall–Kier alpha value is -6.64. The van der Waals surface area contributed by atoms with Crippen LogP contribution in [-0.4, -0.2) is 0 Å². The lowest BCUT2D eigenvalue weighted by Gasteiger charge is -2.29. The van der Waals surface area contributed by atoms with E-state index in [2.05, 4.69) is 196 Å². The minimum absolute atomic E-state index is 0.0931. The summed E-state index contributed by atoms with van der Waals surface area (Å²) in [6.07, 6.45) is 0. The number of aryl methyl sites for hydroxylation is 2. The summed E-state index contributed by atoms with van der Waals surface area (Å²) in [5.74, 6) is 0. The molecule has 0 fully saturated rings. The fourth-order valence-electron chi connectivity index (χ4n) is 8.86. The molecule has 0 spiro atoms. The third-order valence-corrected chi connectivity index (χ3v) is 11.8. The summed E-state index contributed by atoms with van der Waals surface area (Å²) in [6.45, 7) is 9.12. The molecule has 55 heavy (non-hydrogen) atoms. The first-order chi connectivity index (χ1) is 26.8. The number of furan rings is 1. The average Bonchev–Trinajstić information content (AvgIpc) is 3.71. The molecule has 2 heteroatoms. The van der Waals surface area contributed by atoms with Crippen molar-refractivity contribution in [2.24, 2.45) is 0 Å². The maximum atomic E-state index is 6.35. The number of benzene rings is 8. The Morgan fingerprint density at radius 2 is 0.945 bits per heavy atom. The molecule has 0 saturated carbocycles. The topological polar surface area (TPSA) is 16.4 Å². The molecular weight excluding hydrogens is 667 g/mol. The van der Waals surface area contributed by atoms with Crippen LogP contribution in [0.5, 0.6) is 0 Å². The van der Waals surface area contributed by atoms with Crippen molar-refractivity contribution in [2.75, 3.05) is 4.90 Å². The number of fused-ring (bicyclic) bond motifs is 6. The van der Waals surface area contributed by atoms with Crippen molar-refractivity contribution in [3.63, 3.8) is 0 Å². The van der Waals surface area contributed by atoms with Gasteiger partial charge in [0.25, 0.3) is 0 Å². The average molecular weight is 708 g/mol. The quantitative estimate of drug-likeness (QED) is 0.171. The number of hydrogen-bond acceptors (Lipinski definition) is 2. The predicted molar refractivity (Wildman–Crippen MR) is 232 cm³/mol. The van der Waals surface area contributed by atoms with E-state index in [-0.39, 0.29) is 5.41 Å². The maximum absolute atomic E-state index is 6.35. The van der Waals surface area contributed by atoms with Gasteiger partial charge in [-0.2, -0.15) is 0 Å². The standard InChI is InChI=1S/C53H41NO/c1-34-12-5-6-13-42(34)43-30-28-40(32-35(43)2)54(41-29-31-46-45-14-7-9-18-49(45)53(3,4)50(46)33-41)39-26-24-37(25-27-39)36-20-22-38(23-21-36)44-16-11-17-48-47-15-8-10-19-51(47)55-52(44)48/h5-33H,1-4H3. The first-order valence-electron chi connectivity index (χ1n) is 19.2. The first-order valence-corrected chi connectivity index (χ1v) is 19.2. The molecule has 0 amide bonds. The molecule has 0 saturated heterocycles. The molecule has 9 aromatic rings. The second kappa shape index (κ2) is 12.7. The molecule has 0 atom stereocenters. The Morgan fingerprint density at radius 3 is 1.71 bits per heavy atom. The van der Waals surface area contributed by atoms with E-state index >= 15 is 0 Å². The van der Waals surface area contributed by atoms with Crippen LogP contribution in [0.4, 0.5) is 17.1 Å². The number of anilines is 3. The van der Waals surface area contributed by atoms with E-state index in [9.17, 15) is 0 Å². The third-order valence-electron chi connectivity index (χ3n) is 11.8. The number of hydrogen-bond donors (Lipinski definition) is 0. The number of rotatable bonds is 6. The Balaban J connectivity index is 1.03. The van der Waals surface area contributed by atoms with Gasteiger partial charge in [-0.25, -0.2) is 0 Å². The van der Waals surface area contributed by atoms with Crippen LogP contribution in [0.3, 0.4) is 0 Å². The maximum Gasteiger partial charge on any atom is 0.143 e. The zero-order chi connectivity index (χ0) is 37.3. The lowest BCUT2D eigenvalue weighted by molar-refractivity contribution is 0.660. The van der Waals surface area contributed by atoms with Gasteiger partial charge in [-0.3, -0.25) is 0 Å². The normalized spacial score (nSPS) is 12.9.